The number of nitrogens with one attached hydrogen (secondary N) is 2. The highest BCUT2D eigenvalue weighted by Gasteiger charge is 2.39. The van der Waals surface area contributed by atoms with Crippen LogP contribution in [0, 0.1) is 6.92 Å². The summed E-state index contributed by atoms with van der Waals surface area (Å²) in [6.07, 6.45) is -0.414. The van der Waals surface area contributed by atoms with Gasteiger partial charge in [0, 0.05) is 31.9 Å². The molecule has 164 valence electrons. The van der Waals surface area contributed by atoms with E-state index in [0.29, 0.717) is 31.2 Å². The third kappa shape index (κ3) is 4.07. The lowest BCUT2D eigenvalue weighted by Crippen LogP contribution is -2.44. The fourth-order valence-corrected chi connectivity index (χ4v) is 4.12. The van der Waals surface area contributed by atoms with Crippen molar-refractivity contribution in [1.29, 1.82) is 0 Å². The lowest BCUT2D eigenvalue weighted by molar-refractivity contribution is -0.137. The topological polar surface area (TPSA) is 70.9 Å². The lowest BCUT2D eigenvalue weighted by atomic mass is 9.85. The molecular formula is C19H25F4N7. The first-order chi connectivity index (χ1) is 14.3. The van der Waals surface area contributed by atoms with Crippen molar-refractivity contribution in [2.45, 2.75) is 57.5 Å². The number of anilines is 3. The van der Waals surface area contributed by atoms with Crippen LogP contribution in [-0.4, -0.2) is 56.5 Å². The highest BCUT2D eigenvalue weighted by molar-refractivity contribution is 5.58. The third-order valence-electron chi connectivity index (χ3n) is 5.84. The molecule has 1 saturated heterocycles. The second-order valence-electron chi connectivity index (χ2n) is 7.86. The minimum Gasteiger partial charge on any atom is -0.370 e. The van der Waals surface area contributed by atoms with Gasteiger partial charge in [0.2, 0.25) is 5.95 Å². The Labute approximate surface area is 171 Å². The van der Waals surface area contributed by atoms with Gasteiger partial charge in [-0.1, -0.05) is 0 Å². The molecule has 30 heavy (non-hydrogen) atoms. The maximum absolute atomic E-state index is 13.4. The van der Waals surface area contributed by atoms with E-state index >= 15 is 0 Å². The first-order valence-electron chi connectivity index (χ1n) is 10.1. The molecule has 2 aromatic rings. The van der Waals surface area contributed by atoms with E-state index in [-0.39, 0.29) is 17.8 Å². The molecule has 0 radical (unpaired) electrons. The number of hydrogen-bond acceptors (Lipinski definition) is 6. The average Bonchev–Trinajstić information content (AvgIpc) is 3.21. The van der Waals surface area contributed by atoms with Gasteiger partial charge in [-0.05, 0) is 33.1 Å². The predicted molar refractivity (Wildman–Crippen MR) is 105 cm³/mol. The Morgan fingerprint density at radius 1 is 1.20 bits per heavy atom. The maximum Gasteiger partial charge on any atom is 0.421 e. The van der Waals surface area contributed by atoms with Crippen LogP contribution in [0.2, 0.25) is 0 Å². The molecule has 0 bridgehead atoms. The summed E-state index contributed by atoms with van der Waals surface area (Å²) in [5.41, 5.74) is 0.600. The molecule has 0 spiro atoms. The van der Waals surface area contributed by atoms with E-state index < -0.39 is 17.9 Å². The van der Waals surface area contributed by atoms with E-state index in [0.717, 1.165) is 31.3 Å². The zero-order valence-electron chi connectivity index (χ0n) is 16.9. The molecule has 0 aromatic carbocycles. The Hall–Kier alpha value is -2.43. The zero-order chi connectivity index (χ0) is 21.5. The second-order valence-corrected chi connectivity index (χ2v) is 7.86. The fraction of sp³-hybridized carbons (Fsp3) is 0.632. The predicted octanol–water partition coefficient (Wildman–Crippen LogP) is 3.92. The van der Waals surface area contributed by atoms with E-state index in [9.17, 15) is 17.6 Å². The van der Waals surface area contributed by atoms with E-state index in [1.54, 1.807) is 13.1 Å². The molecule has 7 nitrogen and oxygen atoms in total. The Kier molecular flexibility index (Phi) is 5.56. The van der Waals surface area contributed by atoms with Gasteiger partial charge in [-0.15, -0.1) is 0 Å². The quantitative estimate of drug-likeness (QED) is 0.681. The normalized spacial score (nSPS) is 24.7. The number of nitrogens with zero attached hydrogens (tertiary/aromatic N) is 5. The highest BCUT2D eigenvalue weighted by atomic mass is 19.4. The summed E-state index contributed by atoms with van der Waals surface area (Å²) in [4.78, 5) is 10.0. The molecule has 2 fully saturated rings. The van der Waals surface area contributed by atoms with Crippen molar-refractivity contribution in [3.63, 3.8) is 0 Å². The van der Waals surface area contributed by atoms with Crippen LogP contribution in [0.25, 0.3) is 0 Å². The smallest absolute Gasteiger partial charge is 0.370 e. The van der Waals surface area contributed by atoms with Crippen LogP contribution in [0.5, 0.6) is 0 Å². The van der Waals surface area contributed by atoms with Crippen LogP contribution in [-0.2, 0) is 6.18 Å². The lowest BCUT2D eigenvalue weighted by Gasteiger charge is -2.41. The minimum atomic E-state index is -4.53. The minimum absolute atomic E-state index is 0.0686. The molecule has 1 aliphatic carbocycles. The standard InChI is InChI=1S/C19H25F4N7/c1-3-24-17-15(19(21,22)23)8-25-18(28-17)27-16-9-26-30(11(16)2)14-6-13(7-14)29-5-4-12(20)10-29/h8-9,12-14H,3-7,10H2,1-2H3,(H2,24,25,27,28)/t12-,13?,14?/m1/s1. The van der Waals surface area contributed by atoms with Crippen molar-refractivity contribution in [1.82, 2.24) is 24.6 Å². The largest absolute Gasteiger partial charge is 0.421 e. The van der Waals surface area contributed by atoms with Gasteiger partial charge >= 0.3 is 6.18 Å². The van der Waals surface area contributed by atoms with Gasteiger partial charge in [0.25, 0.3) is 0 Å². The second kappa shape index (κ2) is 8.01. The van der Waals surface area contributed by atoms with Crippen molar-refractivity contribution in [2.75, 3.05) is 30.3 Å². The molecule has 1 atom stereocenters. The molecule has 11 heteroatoms. The van der Waals surface area contributed by atoms with Gasteiger partial charge in [-0.2, -0.15) is 23.3 Å². The summed E-state index contributed by atoms with van der Waals surface area (Å²) in [5.74, 6) is -0.190. The molecule has 2 aliphatic rings. The Balaban J connectivity index is 1.44. The molecule has 4 rings (SSSR count). The van der Waals surface area contributed by atoms with Crippen molar-refractivity contribution in [2.24, 2.45) is 0 Å². The van der Waals surface area contributed by atoms with E-state index in [4.69, 9.17) is 0 Å². The van der Waals surface area contributed by atoms with Crippen LogP contribution >= 0.6 is 0 Å². The molecule has 2 aromatic heterocycles. The number of hydrogen-bond donors (Lipinski definition) is 2. The maximum atomic E-state index is 13.4. The van der Waals surface area contributed by atoms with Crippen molar-refractivity contribution in [3.8, 4) is 0 Å². The SMILES string of the molecule is CCNc1nc(Nc2cnn(C3CC(N4CC[C@@H](F)C4)C3)c2C)ncc1C(F)(F)F. The third-order valence-corrected chi connectivity index (χ3v) is 5.84. The molecule has 0 amide bonds. The summed E-state index contributed by atoms with van der Waals surface area (Å²) in [7, 11) is 0. The van der Waals surface area contributed by atoms with Gasteiger partial charge in [0.05, 0.1) is 23.6 Å². The molecular weight excluding hydrogens is 402 g/mol. The van der Waals surface area contributed by atoms with Crippen LogP contribution in [0.15, 0.2) is 12.4 Å². The number of rotatable bonds is 6. The van der Waals surface area contributed by atoms with Gasteiger partial charge in [-0.3, -0.25) is 9.58 Å². The molecule has 3 heterocycles. The summed E-state index contributed by atoms with van der Waals surface area (Å²) < 4.78 is 54.7. The Bertz CT molecular complexity index is 891. The van der Waals surface area contributed by atoms with E-state index in [2.05, 4.69) is 30.6 Å². The summed E-state index contributed by atoms with van der Waals surface area (Å²) in [6, 6.07) is 0.617. The van der Waals surface area contributed by atoms with Crippen molar-refractivity contribution < 1.29 is 17.6 Å². The van der Waals surface area contributed by atoms with Gasteiger partial charge in [0.1, 0.15) is 17.6 Å². The Morgan fingerprint density at radius 2 is 1.97 bits per heavy atom. The van der Waals surface area contributed by atoms with Gasteiger partial charge in [-0.25, -0.2) is 9.37 Å². The number of likely N-dealkylation sites (tertiary alicyclic amines) is 1. The Morgan fingerprint density at radius 3 is 2.60 bits per heavy atom. The number of aromatic nitrogens is 4. The number of alkyl halides is 4. The molecule has 0 unspecified atom stereocenters. The summed E-state index contributed by atoms with van der Waals surface area (Å²) in [6.45, 7) is 5.22. The van der Waals surface area contributed by atoms with Gasteiger partial charge < -0.3 is 10.6 Å². The average molecular weight is 427 g/mol. The van der Waals surface area contributed by atoms with Crippen molar-refractivity contribution in [3.05, 3.63) is 23.7 Å². The molecule has 1 saturated carbocycles. The fourth-order valence-electron chi connectivity index (χ4n) is 4.12. The van der Waals surface area contributed by atoms with Crippen LogP contribution in [0.4, 0.5) is 35.0 Å². The monoisotopic (exact) mass is 427 g/mol. The number of halogens is 4. The van der Waals surface area contributed by atoms with Crippen LogP contribution in [0.1, 0.15) is 43.5 Å². The van der Waals surface area contributed by atoms with Gasteiger partial charge in [0.15, 0.2) is 0 Å². The van der Waals surface area contributed by atoms with E-state index in [1.165, 1.54) is 0 Å². The van der Waals surface area contributed by atoms with Crippen LogP contribution in [0.3, 0.4) is 0 Å². The summed E-state index contributed by atoms with van der Waals surface area (Å²) >= 11 is 0. The first-order valence-corrected chi connectivity index (χ1v) is 10.1. The first kappa shape index (κ1) is 20.8. The highest BCUT2D eigenvalue weighted by Crippen LogP contribution is 2.39. The zero-order valence-corrected chi connectivity index (χ0v) is 16.9. The summed E-state index contributed by atoms with van der Waals surface area (Å²) in [5, 5.41) is 10.0. The van der Waals surface area contributed by atoms with E-state index in [1.807, 2.05) is 11.6 Å². The molecule has 1 aliphatic heterocycles. The van der Waals surface area contributed by atoms with Crippen molar-refractivity contribution >= 4 is 17.5 Å². The molecule has 2 N–H and O–H groups in total. The van der Waals surface area contributed by atoms with Crippen LogP contribution < -0.4 is 10.6 Å².